The molecular formula is C14H20O2. The van der Waals surface area contributed by atoms with E-state index in [1.165, 1.54) is 12.5 Å². The van der Waals surface area contributed by atoms with Crippen LogP contribution in [-0.2, 0) is 16.0 Å². The van der Waals surface area contributed by atoms with Gasteiger partial charge < -0.3 is 4.74 Å². The summed E-state index contributed by atoms with van der Waals surface area (Å²) in [6, 6.07) is 10.3. The van der Waals surface area contributed by atoms with E-state index < -0.39 is 0 Å². The fourth-order valence-electron chi connectivity index (χ4n) is 1.70. The standard InChI is InChI=1S/C14H20O2/c1-4-14(3,16-12(2)15)11-10-13-8-6-5-7-9-13/h5-9H,4,10-11H2,1-3H3. The molecule has 1 rings (SSSR count). The van der Waals surface area contributed by atoms with Crippen molar-refractivity contribution in [2.24, 2.45) is 0 Å². The summed E-state index contributed by atoms with van der Waals surface area (Å²) in [5.74, 6) is -0.197. The summed E-state index contributed by atoms with van der Waals surface area (Å²) in [7, 11) is 0. The summed E-state index contributed by atoms with van der Waals surface area (Å²) >= 11 is 0. The maximum atomic E-state index is 11.0. The van der Waals surface area contributed by atoms with Crippen molar-refractivity contribution in [3.05, 3.63) is 35.9 Å². The Kier molecular flexibility index (Phi) is 4.53. The highest BCUT2D eigenvalue weighted by atomic mass is 16.6. The number of carbonyl (C=O) groups excluding carboxylic acids is 1. The second-order valence-electron chi connectivity index (χ2n) is 4.38. The van der Waals surface area contributed by atoms with Gasteiger partial charge in [0.2, 0.25) is 0 Å². The summed E-state index contributed by atoms with van der Waals surface area (Å²) < 4.78 is 5.37. The van der Waals surface area contributed by atoms with Crippen molar-refractivity contribution in [3.8, 4) is 0 Å². The fourth-order valence-corrected chi connectivity index (χ4v) is 1.70. The van der Waals surface area contributed by atoms with Crippen molar-refractivity contribution in [1.29, 1.82) is 0 Å². The molecule has 2 nitrogen and oxygen atoms in total. The molecule has 1 aromatic rings. The maximum absolute atomic E-state index is 11.0. The molecule has 0 amide bonds. The van der Waals surface area contributed by atoms with Crippen molar-refractivity contribution in [2.45, 2.75) is 45.6 Å². The number of rotatable bonds is 5. The Bertz CT molecular complexity index is 332. The van der Waals surface area contributed by atoms with Crippen LogP contribution in [0, 0.1) is 0 Å². The molecule has 0 aliphatic heterocycles. The van der Waals surface area contributed by atoms with E-state index >= 15 is 0 Å². The molecule has 0 radical (unpaired) electrons. The first kappa shape index (κ1) is 12.8. The van der Waals surface area contributed by atoms with Gasteiger partial charge in [-0.15, -0.1) is 0 Å². The van der Waals surface area contributed by atoms with Crippen molar-refractivity contribution in [3.63, 3.8) is 0 Å². The smallest absolute Gasteiger partial charge is 0.303 e. The Hall–Kier alpha value is -1.31. The molecule has 1 atom stereocenters. The van der Waals surface area contributed by atoms with Crippen molar-refractivity contribution in [1.82, 2.24) is 0 Å². The average Bonchev–Trinajstić information content (AvgIpc) is 2.27. The minimum atomic E-state index is -0.332. The molecule has 0 aliphatic carbocycles. The van der Waals surface area contributed by atoms with E-state index in [2.05, 4.69) is 12.1 Å². The normalized spacial score (nSPS) is 14.2. The molecule has 0 saturated heterocycles. The van der Waals surface area contributed by atoms with E-state index in [-0.39, 0.29) is 11.6 Å². The number of hydrogen-bond donors (Lipinski definition) is 0. The van der Waals surface area contributed by atoms with Gasteiger partial charge in [0.15, 0.2) is 0 Å². The SMILES string of the molecule is CCC(C)(CCc1ccccc1)OC(C)=O. The Morgan fingerprint density at radius 3 is 2.44 bits per heavy atom. The summed E-state index contributed by atoms with van der Waals surface area (Å²) in [5.41, 5.74) is 0.955. The third-order valence-corrected chi connectivity index (χ3v) is 2.92. The summed E-state index contributed by atoms with van der Waals surface area (Å²) in [6.45, 7) is 5.52. The number of carbonyl (C=O) groups is 1. The van der Waals surface area contributed by atoms with Gasteiger partial charge in [0.1, 0.15) is 5.60 Å². The molecular weight excluding hydrogens is 200 g/mol. The number of aryl methyl sites for hydroxylation is 1. The van der Waals surface area contributed by atoms with E-state index in [9.17, 15) is 4.79 Å². The van der Waals surface area contributed by atoms with E-state index in [4.69, 9.17) is 4.74 Å². The largest absolute Gasteiger partial charge is 0.460 e. The van der Waals surface area contributed by atoms with E-state index in [0.717, 1.165) is 19.3 Å². The van der Waals surface area contributed by atoms with E-state index in [1.807, 2.05) is 32.0 Å². The molecule has 0 spiro atoms. The predicted molar refractivity (Wildman–Crippen MR) is 65.2 cm³/mol. The highest BCUT2D eigenvalue weighted by Gasteiger charge is 2.24. The van der Waals surface area contributed by atoms with Gasteiger partial charge in [-0.1, -0.05) is 37.3 Å². The molecule has 0 aliphatic rings. The highest BCUT2D eigenvalue weighted by Crippen LogP contribution is 2.22. The lowest BCUT2D eigenvalue weighted by atomic mass is 9.94. The summed E-state index contributed by atoms with van der Waals surface area (Å²) in [5, 5.41) is 0. The first-order chi connectivity index (χ1) is 7.56. The summed E-state index contributed by atoms with van der Waals surface area (Å²) in [4.78, 5) is 11.0. The van der Waals surface area contributed by atoms with Crippen molar-refractivity contribution >= 4 is 5.97 Å². The van der Waals surface area contributed by atoms with Crippen LogP contribution in [-0.4, -0.2) is 11.6 Å². The number of hydrogen-bond acceptors (Lipinski definition) is 2. The topological polar surface area (TPSA) is 26.3 Å². The van der Waals surface area contributed by atoms with Gasteiger partial charge in [-0.2, -0.15) is 0 Å². The zero-order valence-electron chi connectivity index (χ0n) is 10.3. The molecule has 0 aromatic heterocycles. The van der Waals surface area contributed by atoms with Crippen molar-refractivity contribution in [2.75, 3.05) is 0 Å². The maximum Gasteiger partial charge on any atom is 0.303 e. The van der Waals surface area contributed by atoms with E-state index in [0.29, 0.717) is 0 Å². The van der Waals surface area contributed by atoms with Gasteiger partial charge in [0.25, 0.3) is 0 Å². The molecule has 0 heterocycles. The Morgan fingerprint density at radius 2 is 1.94 bits per heavy atom. The highest BCUT2D eigenvalue weighted by molar-refractivity contribution is 5.66. The van der Waals surface area contributed by atoms with Crippen LogP contribution in [0.25, 0.3) is 0 Å². The summed E-state index contributed by atoms with van der Waals surface area (Å²) in [6.07, 6.45) is 2.66. The second kappa shape index (κ2) is 5.69. The van der Waals surface area contributed by atoms with Gasteiger partial charge in [-0.05, 0) is 31.7 Å². The molecule has 1 aromatic carbocycles. The molecule has 88 valence electrons. The average molecular weight is 220 g/mol. The van der Waals surface area contributed by atoms with Crippen LogP contribution < -0.4 is 0 Å². The van der Waals surface area contributed by atoms with Crippen LogP contribution >= 0.6 is 0 Å². The van der Waals surface area contributed by atoms with E-state index in [1.54, 1.807) is 0 Å². The number of ether oxygens (including phenoxy) is 1. The Morgan fingerprint density at radius 1 is 1.31 bits per heavy atom. The van der Waals surface area contributed by atoms with Crippen LogP contribution in [0.2, 0.25) is 0 Å². The van der Waals surface area contributed by atoms with Crippen LogP contribution in [0.1, 0.15) is 39.2 Å². The van der Waals surface area contributed by atoms with Crippen LogP contribution in [0.3, 0.4) is 0 Å². The van der Waals surface area contributed by atoms with Gasteiger partial charge in [0.05, 0.1) is 0 Å². The molecule has 1 unspecified atom stereocenters. The molecule has 2 heteroatoms. The van der Waals surface area contributed by atoms with Gasteiger partial charge >= 0.3 is 5.97 Å². The molecule has 0 saturated carbocycles. The third kappa shape index (κ3) is 4.05. The minimum Gasteiger partial charge on any atom is -0.460 e. The van der Waals surface area contributed by atoms with Crippen LogP contribution in [0.4, 0.5) is 0 Å². The first-order valence-corrected chi connectivity index (χ1v) is 5.79. The fraction of sp³-hybridized carbons (Fsp3) is 0.500. The monoisotopic (exact) mass is 220 g/mol. The minimum absolute atomic E-state index is 0.197. The number of benzene rings is 1. The quantitative estimate of drug-likeness (QED) is 0.711. The lowest BCUT2D eigenvalue weighted by Crippen LogP contribution is -2.30. The second-order valence-corrected chi connectivity index (χ2v) is 4.38. The lowest BCUT2D eigenvalue weighted by molar-refractivity contribution is -0.156. The lowest BCUT2D eigenvalue weighted by Gasteiger charge is -2.27. The third-order valence-electron chi connectivity index (χ3n) is 2.92. The predicted octanol–water partition coefficient (Wildman–Crippen LogP) is 3.35. The molecule has 16 heavy (non-hydrogen) atoms. The Labute approximate surface area is 97.6 Å². The Balaban J connectivity index is 2.54. The molecule has 0 bridgehead atoms. The van der Waals surface area contributed by atoms with Crippen LogP contribution in [0.5, 0.6) is 0 Å². The zero-order valence-corrected chi connectivity index (χ0v) is 10.3. The molecule has 0 N–H and O–H groups in total. The first-order valence-electron chi connectivity index (χ1n) is 5.79. The van der Waals surface area contributed by atoms with Gasteiger partial charge in [-0.3, -0.25) is 4.79 Å². The van der Waals surface area contributed by atoms with Crippen LogP contribution in [0.15, 0.2) is 30.3 Å². The van der Waals surface area contributed by atoms with Gasteiger partial charge in [-0.25, -0.2) is 0 Å². The zero-order chi connectivity index (χ0) is 12.0. The number of esters is 1. The van der Waals surface area contributed by atoms with Crippen molar-refractivity contribution < 1.29 is 9.53 Å². The molecule has 0 fully saturated rings. The van der Waals surface area contributed by atoms with Gasteiger partial charge in [0, 0.05) is 6.92 Å².